The maximum absolute atomic E-state index is 11.9. The zero-order chi connectivity index (χ0) is 14.9. The number of aliphatic carboxylic acids is 1. The van der Waals surface area contributed by atoms with E-state index in [1.54, 1.807) is 13.0 Å². The first-order chi connectivity index (χ1) is 9.45. The van der Waals surface area contributed by atoms with Crippen LogP contribution in [-0.2, 0) is 9.59 Å². The van der Waals surface area contributed by atoms with Crippen molar-refractivity contribution in [1.82, 2.24) is 4.90 Å². The number of carboxylic acids is 1. The van der Waals surface area contributed by atoms with Crippen LogP contribution < -0.4 is 0 Å². The van der Waals surface area contributed by atoms with Gasteiger partial charge in [0.15, 0.2) is 0 Å². The van der Waals surface area contributed by atoms with Crippen LogP contribution in [0.5, 0.6) is 0 Å². The van der Waals surface area contributed by atoms with Crippen molar-refractivity contribution in [3.63, 3.8) is 0 Å². The van der Waals surface area contributed by atoms with Crippen LogP contribution in [0.15, 0.2) is 12.1 Å². The maximum atomic E-state index is 11.9. The van der Waals surface area contributed by atoms with Crippen molar-refractivity contribution < 1.29 is 19.6 Å². The summed E-state index contributed by atoms with van der Waals surface area (Å²) >= 11 is 0.934. The minimum Gasteiger partial charge on any atom is -0.481 e. The minimum atomic E-state index is -0.975. The average Bonchev–Trinajstić information content (AvgIpc) is 2.87. The quantitative estimate of drug-likeness (QED) is 0.677. The van der Waals surface area contributed by atoms with Gasteiger partial charge < -0.3 is 10.0 Å². The van der Waals surface area contributed by atoms with Crippen LogP contribution in [0.25, 0.3) is 0 Å². The van der Waals surface area contributed by atoms with Gasteiger partial charge in [-0.1, -0.05) is 11.3 Å². The number of likely N-dealkylation sites (tertiary alicyclic amines) is 1. The first-order valence-electron chi connectivity index (χ1n) is 6.22. The standard InChI is InChI=1S/C12H14N2O5S/c1-2-13-9(15)5-3-7(12(16)17)11(13)8-4-6-10(20-8)14(18)19/h4,6-7,11H,2-3,5H2,1H3,(H,16,17). The Kier molecular flexibility index (Phi) is 4.03. The lowest BCUT2D eigenvalue weighted by molar-refractivity contribution is -0.380. The van der Waals surface area contributed by atoms with Gasteiger partial charge in [-0.05, 0) is 19.4 Å². The Bertz CT molecular complexity index is 554. The number of nitrogens with zero attached hydrogens (tertiary/aromatic N) is 2. The highest BCUT2D eigenvalue weighted by atomic mass is 32.1. The van der Waals surface area contributed by atoms with Gasteiger partial charge in [0, 0.05) is 23.9 Å². The number of amides is 1. The van der Waals surface area contributed by atoms with Crippen molar-refractivity contribution in [2.45, 2.75) is 25.8 Å². The third-order valence-corrected chi connectivity index (χ3v) is 4.56. The molecule has 1 fully saturated rings. The summed E-state index contributed by atoms with van der Waals surface area (Å²) in [5, 5.41) is 20.0. The van der Waals surface area contributed by atoms with Crippen molar-refractivity contribution in [2.75, 3.05) is 6.54 Å². The lowest BCUT2D eigenvalue weighted by atomic mass is 9.88. The average molecular weight is 298 g/mol. The molecule has 0 radical (unpaired) electrons. The molecule has 1 saturated heterocycles. The second kappa shape index (κ2) is 5.58. The fourth-order valence-electron chi connectivity index (χ4n) is 2.54. The maximum Gasteiger partial charge on any atom is 0.324 e. The summed E-state index contributed by atoms with van der Waals surface area (Å²) in [5.41, 5.74) is 0. The molecule has 8 heteroatoms. The van der Waals surface area contributed by atoms with Crippen LogP contribution in [0.4, 0.5) is 5.00 Å². The van der Waals surface area contributed by atoms with Gasteiger partial charge in [0.2, 0.25) is 5.91 Å². The predicted molar refractivity (Wildman–Crippen MR) is 71.5 cm³/mol. The summed E-state index contributed by atoms with van der Waals surface area (Å²) < 4.78 is 0. The fourth-order valence-corrected chi connectivity index (χ4v) is 3.54. The Morgan fingerprint density at radius 3 is 2.80 bits per heavy atom. The minimum absolute atomic E-state index is 0.0433. The Morgan fingerprint density at radius 1 is 1.60 bits per heavy atom. The van der Waals surface area contributed by atoms with E-state index in [2.05, 4.69) is 0 Å². The molecule has 1 aliphatic heterocycles. The number of carboxylic acid groups (broad SMARTS) is 1. The number of rotatable bonds is 4. The van der Waals surface area contributed by atoms with Crippen LogP contribution in [0.3, 0.4) is 0 Å². The van der Waals surface area contributed by atoms with E-state index in [9.17, 15) is 24.8 Å². The van der Waals surface area contributed by atoms with Gasteiger partial charge in [0.05, 0.1) is 16.9 Å². The Hall–Kier alpha value is -1.96. The molecule has 0 aliphatic carbocycles. The van der Waals surface area contributed by atoms with E-state index in [1.807, 2.05) is 0 Å². The molecule has 0 spiro atoms. The highest BCUT2D eigenvalue weighted by molar-refractivity contribution is 7.15. The van der Waals surface area contributed by atoms with E-state index in [4.69, 9.17) is 0 Å². The first-order valence-corrected chi connectivity index (χ1v) is 7.03. The summed E-state index contributed by atoms with van der Waals surface area (Å²) in [5.74, 6) is -1.80. The van der Waals surface area contributed by atoms with Gasteiger partial charge in [-0.15, -0.1) is 0 Å². The molecule has 1 amide bonds. The van der Waals surface area contributed by atoms with Crippen molar-refractivity contribution >= 4 is 28.2 Å². The monoisotopic (exact) mass is 298 g/mol. The molecule has 2 rings (SSSR count). The van der Waals surface area contributed by atoms with Gasteiger partial charge in [-0.3, -0.25) is 19.7 Å². The van der Waals surface area contributed by atoms with Gasteiger partial charge in [0.1, 0.15) is 0 Å². The molecule has 1 aromatic rings. The van der Waals surface area contributed by atoms with E-state index >= 15 is 0 Å². The Morgan fingerprint density at radius 2 is 2.30 bits per heavy atom. The second-order valence-corrected chi connectivity index (χ2v) is 5.63. The first kappa shape index (κ1) is 14.4. The van der Waals surface area contributed by atoms with Crippen LogP contribution in [0.2, 0.25) is 0 Å². The number of thiophene rings is 1. The SMILES string of the molecule is CCN1C(=O)CCC(C(=O)O)C1c1ccc([N+](=O)[O-])s1. The zero-order valence-corrected chi connectivity index (χ0v) is 11.6. The summed E-state index contributed by atoms with van der Waals surface area (Å²) in [6.45, 7) is 2.16. The van der Waals surface area contributed by atoms with E-state index in [-0.39, 0.29) is 23.7 Å². The number of piperidine rings is 1. The summed E-state index contributed by atoms with van der Waals surface area (Å²) in [7, 11) is 0. The summed E-state index contributed by atoms with van der Waals surface area (Å²) in [6, 6.07) is 2.29. The smallest absolute Gasteiger partial charge is 0.324 e. The van der Waals surface area contributed by atoms with Gasteiger partial charge >= 0.3 is 11.0 Å². The number of nitro groups is 1. The van der Waals surface area contributed by atoms with Gasteiger partial charge in [-0.25, -0.2) is 0 Å². The summed E-state index contributed by atoms with van der Waals surface area (Å²) in [6.07, 6.45) is 0.468. The van der Waals surface area contributed by atoms with E-state index in [1.165, 1.54) is 11.0 Å². The molecule has 7 nitrogen and oxygen atoms in total. The van der Waals surface area contributed by atoms with Crippen molar-refractivity contribution in [3.8, 4) is 0 Å². The topological polar surface area (TPSA) is 101 Å². The number of hydrogen-bond donors (Lipinski definition) is 1. The second-order valence-electron chi connectivity index (χ2n) is 4.54. The molecule has 2 atom stereocenters. The van der Waals surface area contributed by atoms with Crippen LogP contribution >= 0.6 is 11.3 Å². The Balaban J connectivity index is 2.41. The van der Waals surface area contributed by atoms with Crippen LogP contribution in [0, 0.1) is 16.0 Å². The van der Waals surface area contributed by atoms with Crippen molar-refractivity contribution in [3.05, 3.63) is 27.1 Å². The molecule has 2 unspecified atom stereocenters. The van der Waals surface area contributed by atoms with Crippen LogP contribution in [0.1, 0.15) is 30.7 Å². The summed E-state index contributed by atoms with van der Waals surface area (Å²) in [4.78, 5) is 35.6. The molecule has 1 aromatic heterocycles. The zero-order valence-electron chi connectivity index (χ0n) is 10.8. The molecular weight excluding hydrogens is 284 g/mol. The molecule has 1 N–H and O–H groups in total. The molecule has 2 heterocycles. The van der Waals surface area contributed by atoms with E-state index < -0.39 is 22.9 Å². The number of hydrogen-bond acceptors (Lipinski definition) is 5. The molecule has 0 bridgehead atoms. The van der Waals surface area contributed by atoms with E-state index in [0.29, 0.717) is 11.4 Å². The lowest BCUT2D eigenvalue weighted by Crippen LogP contribution is -2.44. The lowest BCUT2D eigenvalue weighted by Gasteiger charge is -2.38. The van der Waals surface area contributed by atoms with Crippen molar-refractivity contribution in [2.24, 2.45) is 5.92 Å². The van der Waals surface area contributed by atoms with Gasteiger partial charge in [0.25, 0.3) is 0 Å². The highest BCUT2D eigenvalue weighted by Crippen LogP contribution is 2.41. The predicted octanol–water partition coefficient (Wildman–Crippen LogP) is 2.04. The number of carbonyl (C=O) groups is 2. The van der Waals surface area contributed by atoms with Crippen LogP contribution in [-0.4, -0.2) is 33.4 Å². The third-order valence-electron chi connectivity index (χ3n) is 3.45. The Labute approximate surface area is 119 Å². The molecule has 20 heavy (non-hydrogen) atoms. The van der Waals surface area contributed by atoms with Gasteiger partial charge in [-0.2, -0.15) is 0 Å². The number of carbonyl (C=O) groups excluding carboxylic acids is 1. The molecule has 0 saturated carbocycles. The largest absolute Gasteiger partial charge is 0.481 e. The highest BCUT2D eigenvalue weighted by Gasteiger charge is 2.41. The fraction of sp³-hybridized carbons (Fsp3) is 0.500. The third kappa shape index (κ3) is 2.51. The molecule has 0 aromatic carbocycles. The molecule has 108 valence electrons. The molecular formula is C12H14N2O5S. The van der Waals surface area contributed by atoms with E-state index in [0.717, 1.165) is 11.3 Å². The normalized spacial score (nSPS) is 22.9. The van der Waals surface area contributed by atoms with Crippen molar-refractivity contribution in [1.29, 1.82) is 0 Å². The molecule has 1 aliphatic rings.